The van der Waals surface area contributed by atoms with E-state index in [-0.39, 0.29) is 5.60 Å². The second-order valence-corrected chi connectivity index (χ2v) is 6.38. The van der Waals surface area contributed by atoms with Crippen molar-refractivity contribution >= 4 is 16.9 Å². The molecule has 0 aromatic heterocycles. The molecule has 1 saturated heterocycles. The molecular weight excluding hydrogens is 220 g/mol. The van der Waals surface area contributed by atoms with Crippen LogP contribution in [0.3, 0.4) is 0 Å². The Hall–Kier alpha value is -0.220. The molecule has 1 rings (SSSR count). The fourth-order valence-electron chi connectivity index (χ4n) is 1.55. The first-order chi connectivity index (χ1) is 7.43. The lowest BCUT2D eigenvalue weighted by atomic mass is 10.1. The molecule has 0 amide bonds. The van der Waals surface area contributed by atoms with E-state index in [4.69, 9.17) is 4.74 Å². The maximum atomic E-state index is 5.34. The van der Waals surface area contributed by atoms with Crippen molar-refractivity contribution in [2.75, 3.05) is 19.4 Å². The Morgan fingerprint density at radius 3 is 2.81 bits per heavy atom. The number of nitrogens with zero attached hydrogens (tertiary/aromatic N) is 1. The highest BCUT2D eigenvalue weighted by Gasteiger charge is 2.22. The predicted octanol–water partition coefficient (Wildman–Crippen LogP) is 2.52. The van der Waals surface area contributed by atoms with Crippen molar-refractivity contribution in [3.63, 3.8) is 0 Å². The van der Waals surface area contributed by atoms with E-state index in [0.717, 1.165) is 16.8 Å². The molecule has 1 heterocycles. The molecule has 1 fully saturated rings. The van der Waals surface area contributed by atoms with Crippen LogP contribution < -0.4 is 5.32 Å². The molecule has 0 saturated carbocycles. The minimum atomic E-state index is -0.161. The van der Waals surface area contributed by atoms with Gasteiger partial charge in [0, 0.05) is 18.9 Å². The molecule has 0 aromatic rings. The Balaban J connectivity index is 2.38. The lowest BCUT2D eigenvalue weighted by Crippen LogP contribution is -2.31. The van der Waals surface area contributed by atoms with Gasteiger partial charge < -0.3 is 10.1 Å². The highest BCUT2D eigenvalue weighted by Crippen LogP contribution is 2.19. The number of hydrogen-bond donors (Lipinski definition) is 1. The van der Waals surface area contributed by atoms with E-state index < -0.39 is 0 Å². The summed E-state index contributed by atoms with van der Waals surface area (Å²) in [5.41, 5.74) is -0.161. The minimum Gasteiger partial charge on any atom is -0.377 e. The third-order valence-electron chi connectivity index (χ3n) is 2.66. The van der Waals surface area contributed by atoms with Gasteiger partial charge in [0.15, 0.2) is 5.17 Å². The van der Waals surface area contributed by atoms with Crippen molar-refractivity contribution in [3.8, 4) is 0 Å². The normalized spacial score (nSPS) is 24.1. The lowest BCUT2D eigenvalue weighted by Gasteiger charge is -2.20. The minimum absolute atomic E-state index is 0.161. The first kappa shape index (κ1) is 13.8. The number of rotatable bonds is 5. The van der Waals surface area contributed by atoms with E-state index >= 15 is 0 Å². The van der Waals surface area contributed by atoms with Crippen molar-refractivity contribution in [3.05, 3.63) is 0 Å². The summed E-state index contributed by atoms with van der Waals surface area (Å²) in [5.74, 6) is 1.89. The van der Waals surface area contributed by atoms with Crippen LogP contribution in [-0.4, -0.2) is 36.2 Å². The maximum Gasteiger partial charge on any atom is 0.156 e. The van der Waals surface area contributed by atoms with Crippen LogP contribution in [0.4, 0.5) is 0 Å². The van der Waals surface area contributed by atoms with Crippen LogP contribution in [0.1, 0.15) is 34.1 Å². The molecule has 1 atom stereocenters. The molecular formula is C12H24N2OS. The van der Waals surface area contributed by atoms with Crippen LogP contribution in [-0.2, 0) is 4.74 Å². The van der Waals surface area contributed by atoms with Crippen LogP contribution >= 0.6 is 11.8 Å². The molecule has 0 aliphatic carbocycles. The van der Waals surface area contributed by atoms with Gasteiger partial charge in [0.05, 0.1) is 12.1 Å². The fraction of sp³-hybridized carbons (Fsp3) is 0.917. The van der Waals surface area contributed by atoms with Gasteiger partial charge in [-0.15, -0.1) is 0 Å². The Kier molecular flexibility index (Phi) is 5.12. The molecule has 1 N–H and O–H groups in total. The average Bonchev–Trinajstić information content (AvgIpc) is 2.62. The van der Waals surface area contributed by atoms with E-state index in [0.29, 0.717) is 12.6 Å². The molecule has 0 spiro atoms. The number of amidine groups is 1. The molecule has 1 aliphatic heterocycles. The van der Waals surface area contributed by atoms with Crippen molar-refractivity contribution in [1.29, 1.82) is 0 Å². The van der Waals surface area contributed by atoms with Gasteiger partial charge in [0.25, 0.3) is 0 Å². The Morgan fingerprint density at radius 2 is 2.25 bits per heavy atom. The van der Waals surface area contributed by atoms with Crippen LogP contribution in [0, 0.1) is 5.92 Å². The summed E-state index contributed by atoms with van der Waals surface area (Å²) in [7, 11) is 1.73. The van der Waals surface area contributed by atoms with Gasteiger partial charge in [-0.2, -0.15) is 0 Å². The first-order valence-corrected chi connectivity index (χ1v) is 6.90. The number of ether oxygens (including phenoxy) is 1. The van der Waals surface area contributed by atoms with Gasteiger partial charge in [-0.05, 0) is 26.2 Å². The largest absolute Gasteiger partial charge is 0.377 e. The predicted molar refractivity (Wildman–Crippen MR) is 72.2 cm³/mol. The van der Waals surface area contributed by atoms with Crippen molar-refractivity contribution in [2.45, 2.75) is 45.8 Å². The summed E-state index contributed by atoms with van der Waals surface area (Å²) in [6, 6.07) is 0.592. The standard InChI is InChI=1S/C12H24N2OS/c1-9(2)6-10-7-16-11(14-10)13-8-12(3,4)15-5/h9-10H,6-8H2,1-5H3,(H,13,14). The third kappa shape index (κ3) is 4.74. The molecule has 0 bridgehead atoms. The van der Waals surface area contributed by atoms with Crippen LogP contribution in [0.25, 0.3) is 0 Å². The molecule has 94 valence electrons. The second kappa shape index (κ2) is 5.92. The summed E-state index contributed by atoms with van der Waals surface area (Å²) in [6.45, 7) is 9.35. The average molecular weight is 244 g/mol. The molecule has 3 nitrogen and oxygen atoms in total. The van der Waals surface area contributed by atoms with Gasteiger partial charge in [-0.1, -0.05) is 25.6 Å². The van der Waals surface area contributed by atoms with Crippen LogP contribution in [0.15, 0.2) is 4.99 Å². The number of hydrogen-bond acceptors (Lipinski definition) is 3. The van der Waals surface area contributed by atoms with E-state index in [1.54, 1.807) is 7.11 Å². The molecule has 0 radical (unpaired) electrons. The zero-order chi connectivity index (χ0) is 12.2. The zero-order valence-electron chi connectivity index (χ0n) is 11.0. The van der Waals surface area contributed by atoms with Gasteiger partial charge in [0.1, 0.15) is 0 Å². The summed E-state index contributed by atoms with van der Waals surface area (Å²) in [5, 5.41) is 4.56. The van der Waals surface area contributed by atoms with E-state index in [9.17, 15) is 0 Å². The zero-order valence-corrected chi connectivity index (χ0v) is 11.9. The Labute approximate surface area is 103 Å². The molecule has 16 heavy (non-hydrogen) atoms. The van der Waals surface area contributed by atoms with Gasteiger partial charge >= 0.3 is 0 Å². The van der Waals surface area contributed by atoms with Crippen molar-refractivity contribution < 1.29 is 4.74 Å². The molecule has 1 aliphatic rings. The fourth-order valence-corrected chi connectivity index (χ4v) is 2.54. The summed E-state index contributed by atoms with van der Waals surface area (Å²) in [6.07, 6.45) is 1.22. The Morgan fingerprint density at radius 1 is 1.56 bits per heavy atom. The van der Waals surface area contributed by atoms with Crippen molar-refractivity contribution in [1.82, 2.24) is 5.32 Å². The number of thioether (sulfide) groups is 1. The quantitative estimate of drug-likeness (QED) is 0.807. The monoisotopic (exact) mass is 244 g/mol. The van der Waals surface area contributed by atoms with E-state index in [1.807, 2.05) is 11.8 Å². The van der Waals surface area contributed by atoms with Gasteiger partial charge in [-0.3, -0.25) is 4.99 Å². The molecule has 4 heteroatoms. The third-order valence-corrected chi connectivity index (χ3v) is 3.75. The summed E-state index contributed by atoms with van der Waals surface area (Å²) >= 11 is 1.83. The van der Waals surface area contributed by atoms with Crippen LogP contribution in [0.5, 0.6) is 0 Å². The lowest BCUT2D eigenvalue weighted by molar-refractivity contribution is 0.0312. The number of nitrogens with one attached hydrogen (secondary N) is 1. The summed E-state index contributed by atoms with van der Waals surface area (Å²) in [4.78, 5) is 4.57. The number of aliphatic imine (C=N–C) groups is 1. The van der Waals surface area contributed by atoms with Crippen LogP contribution in [0.2, 0.25) is 0 Å². The topological polar surface area (TPSA) is 33.6 Å². The van der Waals surface area contributed by atoms with Gasteiger partial charge in [0.2, 0.25) is 0 Å². The maximum absolute atomic E-state index is 5.34. The number of methoxy groups -OCH3 is 1. The smallest absolute Gasteiger partial charge is 0.156 e. The highest BCUT2D eigenvalue weighted by molar-refractivity contribution is 8.14. The molecule has 1 unspecified atom stereocenters. The summed E-state index contributed by atoms with van der Waals surface area (Å²) < 4.78 is 5.34. The van der Waals surface area contributed by atoms with E-state index in [1.165, 1.54) is 6.42 Å². The van der Waals surface area contributed by atoms with Gasteiger partial charge in [-0.25, -0.2) is 0 Å². The SMILES string of the molecule is COC(C)(C)CN=C1NC(CC(C)C)CS1. The first-order valence-electron chi connectivity index (χ1n) is 5.92. The van der Waals surface area contributed by atoms with E-state index in [2.05, 4.69) is 38.0 Å². The molecule has 0 aromatic carbocycles. The van der Waals surface area contributed by atoms with Crippen molar-refractivity contribution in [2.24, 2.45) is 10.9 Å². The highest BCUT2D eigenvalue weighted by atomic mass is 32.2. The second-order valence-electron chi connectivity index (χ2n) is 5.37. The Bertz CT molecular complexity index is 251.